The van der Waals surface area contributed by atoms with E-state index in [4.69, 9.17) is 0 Å². The lowest BCUT2D eigenvalue weighted by molar-refractivity contribution is 0.0477. The van der Waals surface area contributed by atoms with Crippen molar-refractivity contribution in [1.82, 2.24) is 9.88 Å². The van der Waals surface area contributed by atoms with E-state index in [0.29, 0.717) is 0 Å². The largest absolute Gasteiger partial charge is 0.391 e. The van der Waals surface area contributed by atoms with Crippen molar-refractivity contribution in [2.24, 2.45) is 0 Å². The summed E-state index contributed by atoms with van der Waals surface area (Å²) in [5, 5.41) is 16.4. The molecule has 1 N–H and O–H groups in total. The highest BCUT2D eigenvalue weighted by Gasteiger charge is 2.29. The Bertz CT molecular complexity index is 844. The van der Waals surface area contributed by atoms with Gasteiger partial charge in [0.15, 0.2) is 0 Å². The van der Waals surface area contributed by atoms with Crippen molar-refractivity contribution in [3.05, 3.63) is 64.1 Å². The quantitative estimate of drug-likeness (QED) is 0.785. The van der Waals surface area contributed by atoms with E-state index in [-0.39, 0.29) is 12.0 Å². The number of hydrogen-bond donors (Lipinski definition) is 1. The number of rotatable bonds is 3. The zero-order valence-corrected chi connectivity index (χ0v) is 14.7. The van der Waals surface area contributed by atoms with Crippen molar-refractivity contribution in [3.8, 4) is 0 Å². The van der Waals surface area contributed by atoms with Gasteiger partial charge >= 0.3 is 0 Å². The Morgan fingerprint density at radius 1 is 1.21 bits per heavy atom. The van der Waals surface area contributed by atoms with E-state index in [1.165, 1.54) is 16.3 Å². The molecule has 1 aliphatic rings. The van der Waals surface area contributed by atoms with Crippen molar-refractivity contribution in [1.29, 1.82) is 0 Å². The fraction of sp³-hybridized carbons (Fsp3) is 0.350. The summed E-state index contributed by atoms with van der Waals surface area (Å²) in [6, 6.07) is 15.0. The zero-order valence-electron chi connectivity index (χ0n) is 13.9. The number of likely N-dealkylation sites (tertiary alicyclic amines) is 1. The van der Waals surface area contributed by atoms with E-state index < -0.39 is 0 Å². The summed E-state index contributed by atoms with van der Waals surface area (Å²) < 4.78 is 0. The van der Waals surface area contributed by atoms with Crippen LogP contribution in [-0.4, -0.2) is 34.2 Å². The minimum atomic E-state index is -0.319. The van der Waals surface area contributed by atoms with Gasteiger partial charge in [0, 0.05) is 23.5 Å². The molecule has 3 nitrogen and oxygen atoms in total. The van der Waals surface area contributed by atoms with Gasteiger partial charge in [-0.25, -0.2) is 4.98 Å². The Balaban J connectivity index is 1.47. The summed E-state index contributed by atoms with van der Waals surface area (Å²) in [7, 11) is 0. The Labute approximate surface area is 146 Å². The van der Waals surface area contributed by atoms with Crippen LogP contribution in [0.25, 0.3) is 10.8 Å². The molecule has 0 saturated carbocycles. The Morgan fingerprint density at radius 3 is 2.79 bits per heavy atom. The molecule has 1 aliphatic heterocycles. The number of nitrogens with zero attached hydrogens (tertiary/aromatic N) is 2. The number of fused-ring (bicyclic) bond motifs is 1. The van der Waals surface area contributed by atoms with Crippen molar-refractivity contribution >= 4 is 22.1 Å². The van der Waals surface area contributed by atoms with Crippen molar-refractivity contribution in [2.75, 3.05) is 13.1 Å². The maximum Gasteiger partial charge on any atom is 0.107 e. The monoisotopic (exact) mass is 338 g/mol. The van der Waals surface area contributed by atoms with E-state index in [1.54, 1.807) is 11.3 Å². The number of piperidine rings is 1. The highest BCUT2D eigenvalue weighted by atomic mass is 32.1. The molecule has 0 spiro atoms. The molecular weight excluding hydrogens is 316 g/mol. The van der Waals surface area contributed by atoms with Crippen LogP contribution in [0.1, 0.15) is 28.6 Å². The van der Waals surface area contributed by atoms with Gasteiger partial charge in [0.2, 0.25) is 0 Å². The predicted octanol–water partition coefficient (Wildman–Crippen LogP) is 3.96. The first-order valence-electron chi connectivity index (χ1n) is 8.49. The van der Waals surface area contributed by atoms with E-state index in [1.807, 2.05) is 6.92 Å². The molecule has 3 aromatic rings. The van der Waals surface area contributed by atoms with Gasteiger partial charge in [-0.3, -0.25) is 4.90 Å². The standard InChI is InChI=1S/C20H22N2OS/c1-14-13-24-20(21-14)12-22-9-8-18(19(23)11-22)17-7-6-15-4-2-3-5-16(15)10-17/h2-7,10,13,18-19,23H,8-9,11-12H2,1H3/t18-,19+/m0/s1. The van der Waals surface area contributed by atoms with Crippen LogP contribution in [0.15, 0.2) is 47.8 Å². The molecule has 2 heterocycles. The molecule has 2 aromatic carbocycles. The normalized spacial score (nSPS) is 22.1. The second-order valence-electron chi connectivity index (χ2n) is 6.69. The van der Waals surface area contributed by atoms with Crippen LogP contribution in [0.3, 0.4) is 0 Å². The van der Waals surface area contributed by atoms with Crippen molar-refractivity contribution in [2.45, 2.75) is 31.9 Å². The first-order valence-corrected chi connectivity index (χ1v) is 9.37. The summed E-state index contributed by atoms with van der Waals surface area (Å²) in [6.07, 6.45) is 0.671. The van der Waals surface area contributed by atoms with Crippen molar-refractivity contribution < 1.29 is 5.11 Å². The number of aliphatic hydroxyl groups excluding tert-OH is 1. The summed E-state index contributed by atoms with van der Waals surface area (Å²) in [5.41, 5.74) is 2.34. The van der Waals surface area contributed by atoms with Crippen LogP contribution >= 0.6 is 11.3 Å². The smallest absolute Gasteiger partial charge is 0.107 e. The van der Waals surface area contributed by atoms with Crippen LogP contribution in [0, 0.1) is 6.92 Å². The van der Waals surface area contributed by atoms with Crippen molar-refractivity contribution in [3.63, 3.8) is 0 Å². The molecule has 1 saturated heterocycles. The van der Waals surface area contributed by atoms with Crippen LogP contribution in [-0.2, 0) is 6.54 Å². The highest BCUT2D eigenvalue weighted by Crippen LogP contribution is 2.31. The van der Waals surface area contributed by atoms with E-state index in [2.05, 4.69) is 57.7 Å². The molecule has 0 unspecified atom stereocenters. The second kappa shape index (κ2) is 6.63. The van der Waals surface area contributed by atoms with E-state index in [9.17, 15) is 5.11 Å². The maximum atomic E-state index is 10.7. The predicted molar refractivity (Wildman–Crippen MR) is 99.4 cm³/mol. The van der Waals surface area contributed by atoms with Gasteiger partial charge in [-0.2, -0.15) is 0 Å². The van der Waals surface area contributed by atoms with E-state index in [0.717, 1.165) is 36.8 Å². The fourth-order valence-corrected chi connectivity index (χ4v) is 4.45. The highest BCUT2D eigenvalue weighted by molar-refractivity contribution is 7.09. The molecule has 0 bridgehead atoms. The summed E-state index contributed by atoms with van der Waals surface area (Å²) in [4.78, 5) is 6.86. The number of β-amino-alcohol motifs (C(OH)–C–C–N with tert-alkyl or cyclic N) is 1. The number of aryl methyl sites for hydroxylation is 1. The second-order valence-corrected chi connectivity index (χ2v) is 7.63. The van der Waals surface area contributed by atoms with Gasteiger partial charge in [-0.15, -0.1) is 11.3 Å². The Morgan fingerprint density at radius 2 is 2.04 bits per heavy atom. The lowest BCUT2D eigenvalue weighted by Gasteiger charge is -2.35. The summed E-state index contributed by atoms with van der Waals surface area (Å²) in [5.74, 6) is 0.226. The molecule has 24 heavy (non-hydrogen) atoms. The number of benzene rings is 2. The first-order chi connectivity index (χ1) is 11.7. The van der Waals surface area contributed by atoms with E-state index >= 15 is 0 Å². The van der Waals surface area contributed by atoms with Crippen LogP contribution in [0.4, 0.5) is 0 Å². The molecule has 124 valence electrons. The minimum absolute atomic E-state index is 0.226. The summed E-state index contributed by atoms with van der Waals surface area (Å²) in [6.45, 7) is 4.60. The topological polar surface area (TPSA) is 36.4 Å². The Kier molecular flexibility index (Phi) is 4.35. The van der Waals surface area contributed by atoms with Gasteiger partial charge in [-0.1, -0.05) is 42.5 Å². The van der Waals surface area contributed by atoms with Gasteiger partial charge in [0.05, 0.1) is 12.6 Å². The maximum absolute atomic E-state index is 10.7. The van der Waals surface area contributed by atoms with Gasteiger partial charge in [0.25, 0.3) is 0 Å². The lowest BCUT2D eigenvalue weighted by atomic mass is 9.86. The molecule has 2 atom stereocenters. The number of thiazole rings is 1. The number of aliphatic hydroxyl groups is 1. The summed E-state index contributed by atoms with van der Waals surface area (Å²) >= 11 is 1.71. The minimum Gasteiger partial charge on any atom is -0.391 e. The Hall–Kier alpha value is -1.75. The van der Waals surface area contributed by atoms with Crippen LogP contribution < -0.4 is 0 Å². The third-order valence-corrected chi connectivity index (χ3v) is 5.84. The van der Waals surface area contributed by atoms with Gasteiger partial charge < -0.3 is 5.11 Å². The fourth-order valence-electron chi connectivity index (χ4n) is 3.63. The molecule has 1 aromatic heterocycles. The lowest BCUT2D eigenvalue weighted by Crippen LogP contribution is -2.42. The zero-order chi connectivity index (χ0) is 16.5. The first kappa shape index (κ1) is 15.8. The molecule has 0 radical (unpaired) electrons. The molecule has 4 rings (SSSR count). The number of aromatic nitrogens is 1. The third kappa shape index (κ3) is 3.22. The molecular formula is C20H22N2OS. The van der Waals surface area contributed by atoms with Gasteiger partial charge in [-0.05, 0) is 36.2 Å². The average molecular weight is 338 g/mol. The van der Waals surface area contributed by atoms with Crippen LogP contribution in [0.5, 0.6) is 0 Å². The van der Waals surface area contributed by atoms with Crippen LogP contribution in [0.2, 0.25) is 0 Å². The molecule has 0 aliphatic carbocycles. The molecule has 0 amide bonds. The SMILES string of the molecule is Cc1csc(CN2CC[C@@H](c3ccc4ccccc4c3)[C@H](O)C2)n1. The average Bonchev–Trinajstić information content (AvgIpc) is 2.99. The molecule has 4 heteroatoms. The van der Waals surface area contributed by atoms with Gasteiger partial charge in [0.1, 0.15) is 5.01 Å². The molecule has 1 fully saturated rings. The number of hydrogen-bond acceptors (Lipinski definition) is 4. The third-order valence-electron chi connectivity index (χ3n) is 4.89.